The van der Waals surface area contributed by atoms with Crippen molar-refractivity contribution in [2.75, 3.05) is 16.8 Å². The van der Waals surface area contributed by atoms with Gasteiger partial charge in [-0.3, -0.25) is 14.9 Å². The van der Waals surface area contributed by atoms with Gasteiger partial charge in [-0.25, -0.2) is 4.79 Å². The molecule has 0 radical (unpaired) electrons. The van der Waals surface area contributed by atoms with Crippen LogP contribution in [-0.2, 0) is 4.79 Å². The first-order valence-corrected chi connectivity index (χ1v) is 7.50. The first-order chi connectivity index (χ1) is 9.95. The molecule has 1 amide bonds. The SMILES string of the molecule is CCCCSCC(=O)Nc1ccc([N+](=O)[O-])cc1C(=O)O. The maximum Gasteiger partial charge on any atom is 0.338 e. The molecule has 8 heteroatoms. The van der Waals surface area contributed by atoms with Crippen molar-refractivity contribution in [2.45, 2.75) is 19.8 Å². The summed E-state index contributed by atoms with van der Waals surface area (Å²) in [6.07, 6.45) is 2.05. The molecule has 0 fully saturated rings. The zero-order chi connectivity index (χ0) is 15.8. The van der Waals surface area contributed by atoms with Gasteiger partial charge in [0.15, 0.2) is 0 Å². The standard InChI is InChI=1S/C13H16N2O5S/c1-2-3-6-21-8-12(16)14-11-5-4-9(15(19)20)7-10(11)13(17)18/h4-5,7H,2-3,6,8H2,1H3,(H,14,16)(H,17,18). The molecule has 0 unspecified atom stereocenters. The van der Waals surface area contributed by atoms with Gasteiger partial charge in [-0.2, -0.15) is 11.8 Å². The summed E-state index contributed by atoms with van der Waals surface area (Å²) in [5, 5.41) is 22.2. The van der Waals surface area contributed by atoms with Crippen molar-refractivity contribution in [1.82, 2.24) is 0 Å². The highest BCUT2D eigenvalue weighted by atomic mass is 32.2. The van der Waals surface area contributed by atoms with E-state index >= 15 is 0 Å². The summed E-state index contributed by atoms with van der Waals surface area (Å²) < 4.78 is 0. The number of benzene rings is 1. The van der Waals surface area contributed by atoms with Crippen LogP contribution in [0, 0.1) is 10.1 Å². The molecule has 2 N–H and O–H groups in total. The number of unbranched alkanes of at least 4 members (excludes halogenated alkanes) is 1. The molecule has 0 aliphatic carbocycles. The van der Waals surface area contributed by atoms with E-state index in [4.69, 9.17) is 5.11 Å². The molecule has 0 atom stereocenters. The van der Waals surface area contributed by atoms with Crippen molar-refractivity contribution in [1.29, 1.82) is 0 Å². The number of carboxylic acids is 1. The minimum absolute atomic E-state index is 0.0641. The van der Waals surface area contributed by atoms with Crippen molar-refractivity contribution in [3.63, 3.8) is 0 Å². The Hall–Kier alpha value is -2.09. The van der Waals surface area contributed by atoms with E-state index in [1.54, 1.807) is 0 Å². The Morgan fingerprint density at radius 1 is 1.43 bits per heavy atom. The van der Waals surface area contributed by atoms with Crippen LogP contribution in [0.5, 0.6) is 0 Å². The van der Waals surface area contributed by atoms with Crippen molar-refractivity contribution in [2.24, 2.45) is 0 Å². The van der Waals surface area contributed by atoms with Gasteiger partial charge in [0.25, 0.3) is 5.69 Å². The molecule has 0 saturated heterocycles. The van der Waals surface area contributed by atoms with E-state index in [9.17, 15) is 19.7 Å². The van der Waals surface area contributed by atoms with Crippen LogP contribution in [0.4, 0.5) is 11.4 Å². The van der Waals surface area contributed by atoms with Crippen molar-refractivity contribution in [3.05, 3.63) is 33.9 Å². The number of thioether (sulfide) groups is 1. The molecule has 1 aromatic carbocycles. The number of non-ortho nitro benzene ring substituents is 1. The van der Waals surface area contributed by atoms with E-state index in [0.717, 1.165) is 30.7 Å². The fraction of sp³-hybridized carbons (Fsp3) is 0.385. The van der Waals surface area contributed by atoms with Crippen LogP contribution >= 0.6 is 11.8 Å². The van der Waals surface area contributed by atoms with Gasteiger partial charge >= 0.3 is 5.97 Å². The molecule has 114 valence electrons. The lowest BCUT2D eigenvalue weighted by atomic mass is 10.1. The fourth-order valence-corrected chi connectivity index (χ4v) is 2.42. The number of hydrogen-bond acceptors (Lipinski definition) is 5. The average molecular weight is 312 g/mol. The minimum atomic E-state index is -1.33. The second kappa shape index (κ2) is 8.25. The van der Waals surface area contributed by atoms with Crippen LogP contribution in [-0.4, -0.2) is 33.4 Å². The fourth-order valence-electron chi connectivity index (χ4n) is 1.53. The number of anilines is 1. The largest absolute Gasteiger partial charge is 0.478 e. The summed E-state index contributed by atoms with van der Waals surface area (Å²) in [6, 6.07) is 3.32. The monoisotopic (exact) mass is 312 g/mol. The Kier molecular flexibility index (Phi) is 6.67. The molecular formula is C13H16N2O5S. The Balaban J connectivity index is 2.76. The minimum Gasteiger partial charge on any atom is -0.478 e. The van der Waals surface area contributed by atoms with E-state index in [0.29, 0.717) is 0 Å². The molecule has 0 aliphatic heterocycles. The summed E-state index contributed by atoms with van der Waals surface area (Å²) in [5.74, 6) is -0.577. The van der Waals surface area contributed by atoms with E-state index in [2.05, 4.69) is 12.2 Å². The number of rotatable bonds is 8. The smallest absolute Gasteiger partial charge is 0.338 e. The van der Waals surface area contributed by atoms with Crippen LogP contribution in [0.25, 0.3) is 0 Å². The molecule has 1 rings (SSSR count). The second-order valence-corrected chi connectivity index (χ2v) is 5.35. The van der Waals surface area contributed by atoms with E-state index in [1.807, 2.05) is 0 Å². The van der Waals surface area contributed by atoms with E-state index in [-0.39, 0.29) is 28.6 Å². The van der Waals surface area contributed by atoms with Crippen LogP contribution in [0.1, 0.15) is 30.1 Å². The number of carboxylic acid groups (broad SMARTS) is 1. The highest BCUT2D eigenvalue weighted by Crippen LogP contribution is 2.22. The summed E-state index contributed by atoms with van der Waals surface area (Å²) in [5.41, 5.74) is -0.562. The van der Waals surface area contributed by atoms with Gasteiger partial charge in [0.2, 0.25) is 5.91 Å². The molecule has 0 bridgehead atoms. The quantitative estimate of drug-likeness (QED) is 0.434. The zero-order valence-electron chi connectivity index (χ0n) is 11.5. The summed E-state index contributed by atoms with van der Waals surface area (Å²) in [7, 11) is 0. The van der Waals surface area contributed by atoms with Gasteiger partial charge in [-0.05, 0) is 18.2 Å². The topological polar surface area (TPSA) is 110 Å². The number of nitrogens with zero attached hydrogens (tertiary/aromatic N) is 1. The highest BCUT2D eigenvalue weighted by Gasteiger charge is 2.17. The molecule has 0 aromatic heterocycles. The van der Waals surface area contributed by atoms with Gasteiger partial charge in [0.05, 0.1) is 21.9 Å². The van der Waals surface area contributed by atoms with Gasteiger partial charge in [0, 0.05) is 12.1 Å². The average Bonchev–Trinajstić information content (AvgIpc) is 2.43. The summed E-state index contributed by atoms with van der Waals surface area (Å²) in [6.45, 7) is 2.05. The maximum atomic E-state index is 11.7. The highest BCUT2D eigenvalue weighted by molar-refractivity contribution is 7.99. The number of nitrogens with one attached hydrogen (secondary N) is 1. The molecule has 7 nitrogen and oxygen atoms in total. The number of nitro groups is 1. The molecule has 0 heterocycles. The predicted molar refractivity (Wildman–Crippen MR) is 80.9 cm³/mol. The van der Waals surface area contributed by atoms with E-state index < -0.39 is 10.9 Å². The molecule has 0 saturated carbocycles. The Morgan fingerprint density at radius 2 is 2.14 bits per heavy atom. The number of hydrogen-bond donors (Lipinski definition) is 2. The zero-order valence-corrected chi connectivity index (χ0v) is 12.3. The summed E-state index contributed by atoms with van der Waals surface area (Å²) >= 11 is 1.46. The number of nitro benzene ring substituents is 1. The molecular weight excluding hydrogens is 296 g/mol. The number of carbonyl (C=O) groups is 2. The van der Waals surface area contributed by atoms with Gasteiger partial charge in [-0.15, -0.1) is 0 Å². The van der Waals surface area contributed by atoms with E-state index in [1.165, 1.54) is 17.8 Å². The predicted octanol–water partition coefficient (Wildman–Crippen LogP) is 2.76. The normalized spacial score (nSPS) is 10.1. The Morgan fingerprint density at radius 3 is 2.71 bits per heavy atom. The van der Waals surface area contributed by atoms with Crippen LogP contribution in [0.15, 0.2) is 18.2 Å². The third kappa shape index (κ3) is 5.42. The first kappa shape index (κ1) is 17.0. The maximum absolute atomic E-state index is 11.7. The summed E-state index contributed by atoms with van der Waals surface area (Å²) in [4.78, 5) is 32.8. The lowest BCUT2D eigenvalue weighted by Gasteiger charge is -2.08. The van der Waals surface area contributed by atoms with Crippen LogP contribution in [0.2, 0.25) is 0 Å². The Bertz CT molecular complexity index is 547. The molecule has 1 aromatic rings. The van der Waals surface area contributed by atoms with Gasteiger partial charge in [0.1, 0.15) is 0 Å². The lowest BCUT2D eigenvalue weighted by molar-refractivity contribution is -0.384. The Labute approximate surface area is 125 Å². The van der Waals surface area contributed by atoms with Crippen molar-refractivity contribution >= 4 is 35.0 Å². The van der Waals surface area contributed by atoms with Crippen molar-refractivity contribution in [3.8, 4) is 0 Å². The number of carbonyl (C=O) groups excluding carboxylic acids is 1. The van der Waals surface area contributed by atoms with Gasteiger partial charge < -0.3 is 10.4 Å². The van der Waals surface area contributed by atoms with Gasteiger partial charge in [-0.1, -0.05) is 13.3 Å². The molecule has 0 aliphatic rings. The number of amides is 1. The van der Waals surface area contributed by atoms with Crippen molar-refractivity contribution < 1.29 is 19.6 Å². The third-order valence-corrected chi connectivity index (χ3v) is 3.64. The first-order valence-electron chi connectivity index (χ1n) is 6.35. The molecule has 21 heavy (non-hydrogen) atoms. The third-order valence-electron chi connectivity index (χ3n) is 2.59. The molecule has 0 spiro atoms. The van der Waals surface area contributed by atoms with Crippen LogP contribution < -0.4 is 5.32 Å². The lowest BCUT2D eigenvalue weighted by Crippen LogP contribution is -2.17. The second-order valence-electron chi connectivity index (χ2n) is 4.25. The number of aromatic carboxylic acids is 1. The van der Waals surface area contributed by atoms with Crippen LogP contribution in [0.3, 0.4) is 0 Å².